The van der Waals surface area contributed by atoms with E-state index in [0.29, 0.717) is 5.56 Å². The van der Waals surface area contributed by atoms with Crippen LogP contribution in [-0.4, -0.2) is 4.92 Å². The number of nitrogens with zero attached hydrogens (tertiary/aromatic N) is 1. The molecule has 0 fully saturated rings. The molecule has 0 aliphatic rings. The van der Waals surface area contributed by atoms with Gasteiger partial charge in [0.15, 0.2) is 0 Å². The van der Waals surface area contributed by atoms with Crippen LogP contribution in [0.2, 0.25) is 0 Å². The standard InChI is InChI=1S/C12H7FNO2/c13-10-6-7-12(14(15)16)11(8-10)9-4-2-1-3-5-9/h2-8H. The highest BCUT2D eigenvalue weighted by molar-refractivity contribution is 5.73. The van der Waals surface area contributed by atoms with Crippen molar-refractivity contribution in [3.63, 3.8) is 0 Å². The molecule has 79 valence electrons. The van der Waals surface area contributed by atoms with Gasteiger partial charge in [0.05, 0.1) is 10.5 Å². The minimum atomic E-state index is -0.522. The molecule has 2 aromatic rings. The summed E-state index contributed by atoms with van der Waals surface area (Å²) in [6.45, 7) is 0. The Bertz CT molecular complexity index is 526. The van der Waals surface area contributed by atoms with Crippen LogP contribution in [0.25, 0.3) is 11.1 Å². The molecular weight excluding hydrogens is 209 g/mol. The second-order valence-electron chi connectivity index (χ2n) is 3.21. The highest BCUT2D eigenvalue weighted by Crippen LogP contribution is 2.29. The van der Waals surface area contributed by atoms with E-state index in [4.69, 9.17) is 0 Å². The molecule has 0 heterocycles. The van der Waals surface area contributed by atoms with Crippen molar-refractivity contribution in [1.29, 1.82) is 0 Å². The Labute approximate surface area is 91.3 Å². The van der Waals surface area contributed by atoms with Gasteiger partial charge in [-0.25, -0.2) is 4.39 Å². The van der Waals surface area contributed by atoms with E-state index in [1.165, 1.54) is 6.07 Å². The summed E-state index contributed by atoms with van der Waals surface area (Å²) in [5, 5.41) is 10.8. The average molecular weight is 216 g/mol. The predicted molar refractivity (Wildman–Crippen MR) is 57.3 cm³/mol. The first kappa shape index (κ1) is 10.3. The summed E-state index contributed by atoms with van der Waals surface area (Å²) in [4.78, 5) is 10.3. The van der Waals surface area contributed by atoms with E-state index in [-0.39, 0.29) is 11.3 Å². The molecule has 0 aromatic heterocycles. The smallest absolute Gasteiger partial charge is 0.258 e. The second-order valence-corrected chi connectivity index (χ2v) is 3.21. The van der Waals surface area contributed by atoms with Crippen molar-refractivity contribution in [2.75, 3.05) is 0 Å². The van der Waals surface area contributed by atoms with Crippen molar-refractivity contribution in [3.05, 3.63) is 64.5 Å². The number of nitro benzene ring substituents is 1. The molecule has 0 atom stereocenters. The number of halogens is 1. The summed E-state index contributed by atoms with van der Waals surface area (Å²) in [6, 6.07) is 12.8. The molecule has 0 spiro atoms. The van der Waals surface area contributed by atoms with Crippen LogP contribution < -0.4 is 0 Å². The molecule has 0 saturated carbocycles. The fourth-order valence-electron chi connectivity index (χ4n) is 1.47. The van der Waals surface area contributed by atoms with Crippen molar-refractivity contribution in [3.8, 4) is 11.1 Å². The van der Waals surface area contributed by atoms with Crippen LogP contribution in [0.15, 0.2) is 42.5 Å². The maximum atomic E-state index is 13.1. The van der Waals surface area contributed by atoms with E-state index in [1.807, 2.05) is 0 Å². The Morgan fingerprint density at radius 1 is 1.19 bits per heavy atom. The van der Waals surface area contributed by atoms with Gasteiger partial charge in [0, 0.05) is 6.07 Å². The third-order valence-corrected chi connectivity index (χ3v) is 2.18. The number of benzene rings is 2. The van der Waals surface area contributed by atoms with Gasteiger partial charge in [-0.2, -0.15) is 0 Å². The minimum Gasteiger partial charge on any atom is -0.258 e. The zero-order valence-corrected chi connectivity index (χ0v) is 8.18. The van der Waals surface area contributed by atoms with E-state index in [1.54, 1.807) is 24.3 Å². The van der Waals surface area contributed by atoms with Gasteiger partial charge < -0.3 is 0 Å². The summed E-state index contributed by atoms with van der Waals surface area (Å²) < 4.78 is 13.1. The van der Waals surface area contributed by atoms with Crippen LogP contribution in [0.5, 0.6) is 0 Å². The molecule has 0 amide bonds. The predicted octanol–water partition coefficient (Wildman–Crippen LogP) is 3.20. The van der Waals surface area contributed by atoms with E-state index in [2.05, 4.69) is 6.07 Å². The first-order chi connectivity index (χ1) is 7.68. The van der Waals surface area contributed by atoms with E-state index in [0.717, 1.165) is 12.1 Å². The number of hydrogen-bond acceptors (Lipinski definition) is 2. The third-order valence-electron chi connectivity index (χ3n) is 2.18. The lowest BCUT2D eigenvalue weighted by Gasteiger charge is -2.02. The first-order valence-electron chi connectivity index (χ1n) is 4.59. The van der Waals surface area contributed by atoms with E-state index < -0.39 is 10.7 Å². The Balaban J connectivity index is 2.63. The van der Waals surface area contributed by atoms with Gasteiger partial charge in [0.25, 0.3) is 5.69 Å². The SMILES string of the molecule is O=[N+]([O-])c1ccc(F)cc1-c1cc[c]cc1. The normalized spacial score (nSPS) is 10.1. The monoisotopic (exact) mass is 216 g/mol. The van der Waals surface area contributed by atoms with Gasteiger partial charge in [0.1, 0.15) is 5.82 Å². The van der Waals surface area contributed by atoms with Gasteiger partial charge in [-0.15, -0.1) is 0 Å². The topological polar surface area (TPSA) is 43.1 Å². The molecule has 0 bridgehead atoms. The molecule has 2 rings (SSSR count). The Morgan fingerprint density at radius 2 is 1.88 bits per heavy atom. The number of rotatable bonds is 2. The zero-order chi connectivity index (χ0) is 11.5. The van der Waals surface area contributed by atoms with Crippen LogP contribution in [0.4, 0.5) is 10.1 Å². The Hall–Kier alpha value is -2.23. The van der Waals surface area contributed by atoms with Crippen molar-refractivity contribution in [2.24, 2.45) is 0 Å². The Kier molecular flexibility index (Phi) is 2.64. The molecular formula is C12H7FNO2. The largest absolute Gasteiger partial charge is 0.277 e. The minimum absolute atomic E-state index is 0.104. The summed E-state index contributed by atoms with van der Waals surface area (Å²) in [5.74, 6) is -0.492. The Morgan fingerprint density at radius 3 is 2.50 bits per heavy atom. The highest BCUT2D eigenvalue weighted by Gasteiger charge is 2.15. The molecule has 16 heavy (non-hydrogen) atoms. The van der Waals surface area contributed by atoms with Crippen LogP contribution in [0, 0.1) is 22.0 Å². The van der Waals surface area contributed by atoms with Crippen molar-refractivity contribution >= 4 is 5.69 Å². The summed E-state index contributed by atoms with van der Waals surface area (Å²) >= 11 is 0. The average Bonchev–Trinajstić information content (AvgIpc) is 2.29. The molecule has 2 aromatic carbocycles. The number of nitro groups is 1. The highest BCUT2D eigenvalue weighted by atomic mass is 19.1. The quantitative estimate of drug-likeness (QED) is 0.571. The van der Waals surface area contributed by atoms with Crippen molar-refractivity contribution in [2.45, 2.75) is 0 Å². The van der Waals surface area contributed by atoms with Crippen LogP contribution in [0.1, 0.15) is 0 Å². The van der Waals surface area contributed by atoms with Gasteiger partial charge in [-0.1, -0.05) is 24.3 Å². The molecule has 0 saturated heterocycles. The maximum Gasteiger partial charge on any atom is 0.277 e. The molecule has 0 N–H and O–H groups in total. The molecule has 3 nitrogen and oxygen atoms in total. The van der Waals surface area contributed by atoms with Gasteiger partial charge in [-0.3, -0.25) is 10.1 Å². The maximum absolute atomic E-state index is 13.1. The van der Waals surface area contributed by atoms with E-state index in [9.17, 15) is 14.5 Å². The summed E-state index contributed by atoms with van der Waals surface area (Å²) in [7, 11) is 0. The third kappa shape index (κ3) is 1.91. The van der Waals surface area contributed by atoms with E-state index >= 15 is 0 Å². The molecule has 1 radical (unpaired) electrons. The molecule has 0 aliphatic heterocycles. The van der Waals surface area contributed by atoms with Crippen LogP contribution in [0.3, 0.4) is 0 Å². The zero-order valence-electron chi connectivity index (χ0n) is 8.18. The van der Waals surface area contributed by atoms with Gasteiger partial charge >= 0.3 is 0 Å². The van der Waals surface area contributed by atoms with Crippen LogP contribution >= 0.6 is 0 Å². The van der Waals surface area contributed by atoms with Gasteiger partial charge in [-0.05, 0) is 23.8 Å². The molecule has 4 heteroatoms. The van der Waals surface area contributed by atoms with Crippen molar-refractivity contribution < 1.29 is 9.31 Å². The first-order valence-corrected chi connectivity index (χ1v) is 4.59. The van der Waals surface area contributed by atoms with Gasteiger partial charge in [0.2, 0.25) is 0 Å². The lowest BCUT2D eigenvalue weighted by atomic mass is 10.0. The molecule has 0 aliphatic carbocycles. The summed E-state index contributed by atoms with van der Waals surface area (Å²) in [5.41, 5.74) is 0.775. The molecule has 0 unspecified atom stereocenters. The summed E-state index contributed by atoms with van der Waals surface area (Å²) in [6.07, 6.45) is 0. The lowest BCUT2D eigenvalue weighted by molar-refractivity contribution is -0.384. The van der Waals surface area contributed by atoms with Crippen molar-refractivity contribution in [1.82, 2.24) is 0 Å². The number of hydrogen-bond donors (Lipinski definition) is 0. The van der Waals surface area contributed by atoms with Crippen LogP contribution in [-0.2, 0) is 0 Å². The lowest BCUT2D eigenvalue weighted by Crippen LogP contribution is -1.92. The fourth-order valence-corrected chi connectivity index (χ4v) is 1.47. The fraction of sp³-hybridized carbons (Fsp3) is 0. The second kappa shape index (κ2) is 4.10.